The molecule has 1 aromatic carbocycles. The van der Waals surface area contributed by atoms with Gasteiger partial charge in [-0.2, -0.15) is 0 Å². The average molecular weight is 297 g/mol. The number of amides is 1. The van der Waals surface area contributed by atoms with Crippen molar-refractivity contribution in [3.63, 3.8) is 0 Å². The van der Waals surface area contributed by atoms with E-state index in [0.29, 0.717) is 19.4 Å². The van der Waals surface area contributed by atoms with E-state index in [2.05, 4.69) is 0 Å². The van der Waals surface area contributed by atoms with Crippen LogP contribution in [0.1, 0.15) is 30.7 Å². The summed E-state index contributed by atoms with van der Waals surface area (Å²) in [7, 11) is 1.60. The average Bonchev–Trinajstić information content (AvgIpc) is 3.20. The van der Waals surface area contributed by atoms with Crippen LogP contribution < -0.4 is 0 Å². The van der Waals surface area contributed by atoms with Crippen LogP contribution in [0.15, 0.2) is 18.2 Å². The molecule has 0 aromatic heterocycles. The van der Waals surface area contributed by atoms with E-state index in [4.69, 9.17) is 5.11 Å². The van der Waals surface area contributed by atoms with Crippen molar-refractivity contribution in [1.29, 1.82) is 0 Å². The molecule has 1 aromatic rings. The zero-order valence-corrected chi connectivity index (χ0v) is 11.7. The summed E-state index contributed by atoms with van der Waals surface area (Å²) >= 11 is 0. The van der Waals surface area contributed by atoms with Gasteiger partial charge < -0.3 is 10.0 Å². The Kier molecular flexibility index (Phi) is 4.55. The number of carboxylic acid groups (broad SMARTS) is 1. The first-order valence-electron chi connectivity index (χ1n) is 6.82. The second-order valence-electron chi connectivity index (χ2n) is 5.35. The highest BCUT2D eigenvalue weighted by Crippen LogP contribution is 2.49. The maximum atomic E-state index is 13.7. The maximum Gasteiger partial charge on any atom is 0.303 e. The highest BCUT2D eigenvalue weighted by molar-refractivity contribution is 5.82. The molecule has 0 saturated heterocycles. The number of carboxylic acids is 1. The van der Waals surface area contributed by atoms with Gasteiger partial charge in [-0.3, -0.25) is 9.59 Å². The quantitative estimate of drug-likeness (QED) is 0.877. The molecule has 1 amide bonds. The number of carbonyl (C=O) groups is 2. The molecule has 2 rings (SSSR count). The summed E-state index contributed by atoms with van der Waals surface area (Å²) in [4.78, 5) is 24.0. The molecule has 1 saturated carbocycles. The van der Waals surface area contributed by atoms with E-state index in [0.717, 1.165) is 6.07 Å². The number of benzene rings is 1. The summed E-state index contributed by atoms with van der Waals surface area (Å²) in [5.74, 6) is -3.45. The smallest absolute Gasteiger partial charge is 0.303 e. The number of hydrogen-bond acceptors (Lipinski definition) is 2. The SMILES string of the molecule is CN(CCCC(=O)O)C(=O)[C@@H]1C[C@@H]1c1cccc(F)c1F. The Morgan fingerprint density at radius 1 is 1.38 bits per heavy atom. The van der Waals surface area contributed by atoms with Crippen LogP contribution in [0.4, 0.5) is 8.78 Å². The molecule has 0 aliphatic heterocycles. The first-order valence-corrected chi connectivity index (χ1v) is 6.82. The summed E-state index contributed by atoms with van der Waals surface area (Å²) in [5.41, 5.74) is 0.243. The second kappa shape index (κ2) is 6.20. The Morgan fingerprint density at radius 3 is 2.76 bits per heavy atom. The van der Waals surface area contributed by atoms with Crippen LogP contribution in [0, 0.1) is 17.6 Å². The minimum absolute atomic E-state index is 0.00421. The molecule has 4 nitrogen and oxygen atoms in total. The van der Waals surface area contributed by atoms with E-state index < -0.39 is 17.6 Å². The molecule has 1 aliphatic carbocycles. The first kappa shape index (κ1) is 15.4. The Labute approximate surface area is 121 Å². The Bertz CT molecular complexity index is 562. The Morgan fingerprint density at radius 2 is 2.10 bits per heavy atom. The van der Waals surface area contributed by atoms with Crippen molar-refractivity contribution in [2.45, 2.75) is 25.2 Å². The summed E-state index contributed by atoms with van der Waals surface area (Å²) in [6, 6.07) is 3.99. The monoisotopic (exact) mass is 297 g/mol. The van der Waals surface area contributed by atoms with Gasteiger partial charge in [0.2, 0.25) is 5.91 Å². The van der Waals surface area contributed by atoms with Gasteiger partial charge in [0.15, 0.2) is 11.6 Å². The second-order valence-corrected chi connectivity index (χ2v) is 5.35. The largest absolute Gasteiger partial charge is 0.481 e. The molecule has 1 fully saturated rings. The minimum atomic E-state index is -0.902. The normalized spacial score (nSPS) is 20.1. The zero-order valence-electron chi connectivity index (χ0n) is 11.7. The number of carbonyl (C=O) groups excluding carboxylic acids is 1. The van der Waals surface area contributed by atoms with Crippen LogP contribution in [0.5, 0.6) is 0 Å². The van der Waals surface area contributed by atoms with Gasteiger partial charge in [-0.1, -0.05) is 12.1 Å². The van der Waals surface area contributed by atoms with Crippen molar-refractivity contribution in [1.82, 2.24) is 4.90 Å². The lowest BCUT2D eigenvalue weighted by Gasteiger charge is -2.16. The lowest BCUT2D eigenvalue weighted by atomic mass is 10.1. The van der Waals surface area contributed by atoms with Crippen LogP contribution in [-0.4, -0.2) is 35.5 Å². The fraction of sp³-hybridized carbons (Fsp3) is 0.467. The molecule has 2 atom stereocenters. The van der Waals surface area contributed by atoms with Gasteiger partial charge in [0.25, 0.3) is 0 Å². The van der Waals surface area contributed by atoms with Crippen molar-refractivity contribution >= 4 is 11.9 Å². The van der Waals surface area contributed by atoms with Gasteiger partial charge in [0.05, 0.1) is 0 Å². The predicted molar refractivity (Wildman–Crippen MR) is 71.7 cm³/mol. The summed E-state index contributed by atoms with van der Waals surface area (Å²) < 4.78 is 26.8. The van der Waals surface area contributed by atoms with Crippen LogP contribution >= 0.6 is 0 Å². The molecule has 1 aliphatic rings. The van der Waals surface area contributed by atoms with E-state index in [9.17, 15) is 18.4 Å². The van der Waals surface area contributed by atoms with Crippen molar-refractivity contribution in [3.8, 4) is 0 Å². The van der Waals surface area contributed by atoms with Crippen LogP contribution in [0.3, 0.4) is 0 Å². The third-order valence-electron chi connectivity index (χ3n) is 3.75. The molecule has 0 bridgehead atoms. The van der Waals surface area contributed by atoms with E-state index in [-0.39, 0.29) is 29.7 Å². The molecule has 0 radical (unpaired) electrons. The van der Waals surface area contributed by atoms with Gasteiger partial charge in [0, 0.05) is 25.9 Å². The van der Waals surface area contributed by atoms with Crippen molar-refractivity contribution in [2.75, 3.05) is 13.6 Å². The summed E-state index contributed by atoms with van der Waals surface area (Å²) in [6.07, 6.45) is 0.885. The molecule has 0 unspecified atom stereocenters. The lowest BCUT2D eigenvalue weighted by Crippen LogP contribution is -2.29. The molecule has 21 heavy (non-hydrogen) atoms. The van der Waals surface area contributed by atoms with E-state index in [1.54, 1.807) is 7.05 Å². The predicted octanol–water partition coefficient (Wildman–Crippen LogP) is 2.39. The van der Waals surface area contributed by atoms with Crippen LogP contribution in [-0.2, 0) is 9.59 Å². The fourth-order valence-corrected chi connectivity index (χ4v) is 2.48. The van der Waals surface area contributed by atoms with Crippen molar-refractivity contribution < 1.29 is 23.5 Å². The van der Waals surface area contributed by atoms with Gasteiger partial charge in [0.1, 0.15) is 0 Å². The number of rotatable bonds is 6. The number of hydrogen-bond donors (Lipinski definition) is 1. The molecule has 1 N–H and O–H groups in total. The third kappa shape index (κ3) is 3.56. The highest BCUT2D eigenvalue weighted by Gasteiger charge is 2.46. The summed E-state index contributed by atoms with van der Waals surface area (Å²) in [6.45, 7) is 0.347. The molecule has 0 heterocycles. The van der Waals surface area contributed by atoms with Gasteiger partial charge in [-0.25, -0.2) is 8.78 Å². The molecular formula is C15H17F2NO3. The summed E-state index contributed by atoms with van der Waals surface area (Å²) in [5, 5.41) is 8.55. The first-order chi connectivity index (χ1) is 9.91. The minimum Gasteiger partial charge on any atom is -0.481 e. The van der Waals surface area contributed by atoms with Crippen molar-refractivity contribution in [2.24, 2.45) is 5.92 Å². The van der Waals surface area contributed by atoms with E-state index in [1.807, 2.05) is 0 Å². The zero-order chi connectivity index (χ0) is 15.6. The topological polar surface area (TPSA) is 57.6 Å². The number of aliphatic carboxylic acids is 1. The molecule has 114 valence electrons. The van der Waals surface area contributed by atoms with E-state index in [1.165, 1.54) is 17.0 Å². The molecular weight excluding hydrogens is 280 g/mol. The third-order valence-corrected chi connectivity index (χ3v) is 3.75. The fourth-order valence-electron chi connectivity index (χ4n) is 2.48. The Balaban J connectivity index is 1.91. The van der Waals surface area contributed by atoms with Gasteiger partial charge >= 0.3 is 5.97 Å². The number of nitrogens with zero attached hydrogens (tertiary/aromatic N) is 1. The molecule has 0 spiro atoms. The number of halogens is 2. The Hall–Kier alpha value is -1.98. The van der Waals surface area contributed by atoms with Crippen LogP contribution in [0.2, 0.25) is 0 Å². The van der Waals surface area contributed by atoms with Crippen molar-refractivity contribution in [3.05, 3.63) is 35.4 Å². The standard InChI is InChI=1S/C15H17F2NO3/c1-18(7-3-6-13(19)20)15(21)11-8-10(11)9-4-2-5-12(16)14(9)17/h2,4-5,10-11H,3,6-8H2,1H3,(H,19,20)/t10-,11-/m1/s1. The highest BCUT2D eigenvalue weighted by atomic mass is 19.2. The van der Waals surface area contributed by atoms with Gasteiger partial charge in [-0.05, 0) is 30.4 Å². The lowest BCUT2D eigenvalue weighted by molar-refractivity contribution is -0.138. The maximum absolute atomic E-state index is 13.7. The van der Waals surface area contributed by atoms with Gasteiger partial charge in [-0.15, -0.1) is 0 Å². The van der Waals surface area contributed by atoms with E-state index >= 15 is 0 Å². The van der Waals surface area contributed by atoms with Crippen LogP contribution in [0.25, 0.3) is 0 Å². The molecule has 6 heteroatoms.